The van der Waals surface area contributed by atoms with Gasteiger partial charge in [-0.05, 0) is 54.1 Å². The fourth-order valence-electron chi connectivity index (χ4n) is 1.24. The molecular formula is C13H17IN2O2. The molecule has 0 heterocycles. The zero-order valence-corrected chi connectivity index (χ0v) is 12.8. The predicted molar refractivity (Wildman–Crippen MR) is 82.1 cm³/mol. The fraction of sp³-hybridized carbons (Fsp3) is 0.385. The van der Waals surface area contributed by atoms with Crippen molar-refractivity contribution in [3.05, 3.63) is 33.4 Å². The van der Waals surface area contributed by atoms with Crippen LogP contribution in [0.5, 0.6) is 0 Å². The number of halogens is 1. The van der Waals surface area contributed by atoms with Crippen LogP contribution in [0.4, 0.5) is 0 Å². The second kappa shape index (κ2) is 8.91. The molecule has 1 rings (SSSR count). The summed E-state index contributed by atoms with van der Waals surface area (Å²) in [6.07, 6.45) is 2.28. The lowest BCUT2D eigenvalue weighted by molar-refractivity contribution is 0.157. The lowest BCUT2D eigenvalue weighted by Crippen LogP contribution is -2.03. The first-order chi connectivity index (χ1) is 8.77. The summed E-state index contributed by atoms with van der Waals surface area (Å²) in [5.74, 6) is 0. The molecule has 0 radical (unpaired) electrons. The van der Waals surface area contributed by atoms with Crippen LogP contribution in [-0.2, 0) is 9.68 Å². The third-order valence-corrected chi connectivity index (χ3v) is 2.76. The van der Waals surface area contributed by atoms with E-state index in [0.29, 0.717) is 19.6 Å². The minimum Gasteiger partial charge on any atom is -0.396 e. The highest BCUT2D eigenvalue weighted by molar-refractivity contribution is 14.1. The highest BCUT2D eigenvalue weighted by Gasteiger charge is 2.03. The van der Waals surface area contributed by atoms with E-state index in [1.807, 2.05) is 38.1 Å². The Balaban J connectivity index is 2.75. The Morgan fingerprint density at radius 2 is 1.83 bits per heavy atom. The Bertz CT molecular complexity index is 402. The monoisotopic (exact) mass is 360 g/mol. The van der Waals surface area contributed by atoms with E-state index >= 15 is 0 Å². The van der Waals surface area contributed by atoms with E-state index in [1.165, 1.54) is 3.57 Å². The van der Waals surface area contributed by atoms with E-state index in [4.69, 9.17) is 9.68 Å². The van der Waals surface area contributed by atoms with Crippen molar-refractivity contribution in [2.75, 3.05) is 13.2 Å². The van der Waals surface area contributed by atoms with Crippen LogP contribution in [0.25, 0.3) is 0 Å². The minimum absolute atomic E-state index is 0.552. The Hall–Kier alpha value is -1.11. The zero-order chi connectivity index (χ0) is 13.2. The fourth-order valence-corrected chi connectivity index (χ4v) is 1.60. The van der Waals surface area contributed by atoms with E-state index in [-0.39, 0.29) is 0 Å². The van der Waals surface area contributed by atoms with E-state index in [1.54, 1.807) is 6.21 Å². The van der Waals surface area contributed by atoms with Gasteiger partial charge in [-0.3, -0.25) is 0 Å². The van der Waals surface area contributed by atoms with Gasteiger partial charge in [0.2, 0.25) is 0 Å². The molecule has 18 heavy (non-hydrogen) atoms. The van der Waals surface area contributed by atoms with Crippen molar-refractivity contribution >= 4 is 34.5 Å². The standard InChI is InChI=1S/C13H17IN2O2/c1-3-17-15-10-9-13(16-18-4-2)11-5-7-12(14)8-6-11/h5-8,10H,3-4,9H2,1-2H3/b15-10+,16-13+. The second-order valence-corrected chi connectivity index (χ2v) is 4.62. The maximum Gasteiger partial charge on any atom is 0.114 e. The number of nitrogens with zero attached hydrogens (tertiary/aromatic N) is 2. The van der Waals surface area contributed by atoms with Gasteiger partial charge in [-0.25, -0.2) is 0 Å². The molecule has 0 spiro atoms. The third kappa shape index (κ3) is 5.48. The maximum absolute atomic E-state index is 5.12. The topological polar surface area (TPSA) is 43.2 Å². The maximum atomic E-state index is 5.12. The van der Waals surface area contributed by atoms with E-state index in [2.05, 4.69) is 32.9 Å². The molecule has 0 saturated heterocycles. The molecule has 0 atom stereocenters. The highest BCUT2D eigenvalue weighted by Crippen LogP contribution is 2.09. The summed E-state index contributed by atoms with van der Waals surface area (Å²) < 4.78 is 1.19. The van der Waals surface area contributed by atoms with Crippen LogP contribution in [0.1, 0.15) is 25.8 Å². The molecule has 0 unspecified atom stereocenters. The summed E-state index contributed by atoms with van der Waals surface area (Å²) in [4.78, 5) is 10.0. The Labute approximate surface area is 121 Å². The number of oxime groups is 2. The molecule has 0 N–H and O–H groups in total. The van der Waals surface area contributed by atoms with Crippen molar-refractivity contribution in [2.45, 2.75) is 20.3 Å². The predicted octanol–water partition coefficient (Wildman–Crippen LogP) is 3.44. The third-order valence-electron chi connectivity index (χ3n) is 2.04. The number of rotatable bonds is 7. The largest absolute Gasteiger partial charge is 0.396 e. The van der Waals surface area contributed by atoms with Crippen molar-refractivity contribution in [2.24, 2.45) is 10.3 Å². The van der Waals surface area contributed by atoms with Crippen molar-refractivity contribution < 1.29 is 9.68 Å². The summed E-state index contributed by atoms with van der Waals surface area (Å²) in [5, 5.41) is 7.93. The molecule has 5 heteroatoms. The average Bonchev–Trinajstić information content (AvgIpc) is 2.39. The molecule has 0 amide bonds. The van der Waals surface area contributed by atoms with E-state index in [0.717, 1.165) is 11.3 Å². The van der Waals surface area contributed by atoms with Crippen LogP contribution in [-0.4, -0.2) is 25.1 Å². The summed E-state index contributed by atoms with van der Waals surface area (Å²) in [6.45, 7) is 4.92. The van der Waals surface area contributed by atoms with Gasteiger partial charge in [-0.15, -0.1) is 0 Å². The molecule has 1 aromatic carbocycles. The summed E-state index contributed by atoms with van der Waals surface area (Å²) >= 11 is 2.27. The summed E-state index contributed by atoms with van der Waals surface area (Å²) in [6, 6.07) is 8.12. The first-order valence-electron chi connectivity index (χ1n) is 5.86. The van der Waals surface area contributed by atoms with Gasteiger partial charge < -0.3 is 9.68 Å². The molecule has 0 aliphatic carbocycles. The Morgan fingerprint density at radius 1 is 1.17 bits per heavy atom. The minimum atomic E-state index is 0.552. The lowest BCUT2D eigenvalue weighted by Gasteiger charge is -2.04. The highest BCUT2D eigenvalue weighted by atomic mass is 127. The molecule has 0 aromatic heterocycles. The number of hydrogen-bond donors (Lipinski definition) is 0. The molecule has 0 saturated carbocycles. The Kier molecular flexibility index (Phi) is 7.40. The average molecular weight is 360 g/mol. The van der Waals surface area contributed by atoms with Crippen LogP contribution in [0.3, 0.4) is 0 Å². The van der Waals surface area contributed by atoms with Crippen molar-refractivity contribution in [3.63, 3.8) is 0 Å². The first-order valence-corrected chi connectivity index (χ1v) is 6.94. The normalized spacial score (nSPS) is 11.8. The van der Waals surface area contributed by atoms with Crippen LogP contribution in [0, 0.1) is 3.57 Å². The van der Waals surface area contributed by atoms with Gasteiger partial charge in [0.25, 0.3) is 0 Å². The van der Waals surface area contributed by atoms with Crippen LogP contribution >= 0.6 is 22.6 Å². The van der Waals surface area contributed by atoms with E-state index in [9.17, 15) is 0 Å². The molecule has 0 aliphatic rings. The van der Waals surface area contributed by atoms with Gasteiger partial charge in [0.1, 0.15) is 13.2 Å². The second-order valence-electron chi connectivity index (χ2n) is 3.37. The van der Waals surface area contributed by atoms with Crippen molar-refractivity contribution in [3.8, 4) is 0 Å². The van der Waals surface area contributed by atoms with Gasteiger partial charge >= 0.3 is 0 Å². The molecular weight excluding hydrogens is 343 g/mol. The van der Waals surface area contributed by atoms with E-state index < -0.39 is 0 Å². The van der Waals surface area contributed by atoms with Gasteiger partial charge in [0, 0.05) is 16.2 Å². The van der Waals surface area contributed by atoms with Crippen molar-refractivity contribution in [1.29, 1.82) is 0 Å². The molecule has 0 bridgehead atoms. The van der Waals surface area contributed by atoms with Gasteiger partial charge in [0.05, 0.1) is 5.71 Å². The SMILES string of the molecule is CCO/N=C/C/C(=N\OCC)c1ccc(I)cc1. The smallest absolute Gasteiger partial charge is 0.114 e. The summed E-state index contributed by atoms with van der Waals surface area (Å²) in [5.41, 5.74) is 1.88. The first kappa shape index (κ1) is 14.9. The van der Waals surface area contributed by atoms with Gasteiger partial charge in [0.15, 0.2) is 0 Å². The Morgan fingerprint density at radius 3 is 2.44 bits per heavy atom. The van der Waals surface area contributed by atoms with Crippen LogP contribution in [0.2, 0.25) is 0 Å². The van der Waals surface area contributed by atoms with Crippen LogP contribution < -0.4 is 0 Å². The van der Waals surface area contributed by atoms with Gasteiger partial charge in [-0.2, -0.15) is 0 Å². The van der Waals surface area contributed by atoms with Crippen LogP contribution in [0.15, 0.2) is 34.6 Å². The molecule has 4 nitrogen and oxygen atoms in total. The molecule has 1 aromatic rings. The summed E-state index contributed by atoms with van der Waals surface area (Å²) in [7, 11) is 0. The molecule has 0 fully saturated rings. The lowest BCUT2D eigenvalue weighted by atomic mass is 10.1. The molecule has 0 aliphatic heterocycles. The zero-order valence-electron chi connectivity index (χ0n) is 10.6. The molecule has 98 valence electrons. The van der Waals surface area contributed by atoms with Gasteiger partial charge in [-0.1, -0.05) is 22.4 Å². The quantitative estimate of drug-likeness (QED) is 0.425. The number of benzene rings is 1. The van der Waals surface area contributed by atoms with Crippen molar-refractivity contribution in [1.82, 2.24) is 0 Å². The number of hydrogen-bond acceptors (Lipinski definition) is 4.